The van der Waals surface area contributed by atoms with Crippen LogP contribution >= 0.6 is 0 Å². The topological polar surface area (TPSA) is 80.3 Å². The molecule has 2 aliphatic rings. The average Bonchev–Trinajstić information content (AvgIpc) is 3.44. The van der Waals surface area contributed by atoms with Crippen LogP contribution in [0.5, 0.6) is 0 Å². The van der Waals surface area contributed by atoms with Crippen LogP contribution < -0.4 is 10.5 Å². The third-order valence-electron chi connectivity index (χ3n) is 5.63. The monoisotopic (exact) mass is 380 g/mol. The first-order chi connectivity index (χ1) is 13.7. The lowest BCUT2D eigenvalue weighted by Gasteiger charge is -2.35. The maximum Gasteiger partial charge on any atom is 0.261 e. The highest BCUT2D eigenvalue weighted by Crippen LogP contribution is 2.30. The van der Waals surface area contributed by atoms with E-state index in [-0.39, 0.29) is 5.56 Å². The van der Waals surface area contributed by atoms with Crippen molar-refractivity contribution in [1.29, 1.82) is 0 Å². The number of piperazine rings is 1. The second-order valence-electron chi connectivity index (χ2n) is 7.84. The summed E-state index contributed by atoms with van der Waals surface area (Å²) < 4.78 is 6.81. The molecule has 0 radical (unpaired) electrons. The molecular formula is C20H24N6O2. The number of aryl methyl sites for hydroxylation is 1. The van der Waals surface area contributed by atoms with Crippen molar-refractivity contribution in [3.8, 4) is 0 Å². The van der Waals surface area contributed by atoms with Crippen molar-refractivity contribution in [3.05, 3.63) is 46.6 Å². The Kier molecular flexibility index (Phi) is 4.35. The first-order valence-corrected chi connectivity index (χ1v) is 9.91. The molecule has 0 atom stereocenters. The second-order valence-corrected chi connectivity index (χ2v) is 7.84. The van der Waals surface area contributed by atoms with E-state index in [1.807, 2.05) is 25.1 Å². The number of aromatic nitrogens is 4. The quantitative estimate of drug-likeness (QED) is 0.668. The van der Waals surface area contributed by atoms with Gasteiger partial charge in [-0.2, -0.15) is 4.98 Å². The van der Waals surface area contributed by atoms with Gasteiger partial charge in [-0.15, -0.1) is 0 Å². The normalized spacial score (nSPS) is 18.1. The molecule has 0 spiro atoms. The Balaban J connectivity index is 1.28. The number of hydrogen-bond acceptors (Lipinski definition) is 7. The largest absolute Gasteiger partial charge is 0.369 e. The second kappa shape index (κ2) is 7.01. The molecule has 1 saturated heterocycles. The zero-order valence-corrected chi connectivity index (χ0v) is 16.0. The number of fused-ring (bicyclic) bond motifs is 1. The van der Waals surface area contributed by atoms with Gasteiger partial charge in [-0.25, -0.2) is 4.98 Å². The molecule has 8 heteroatoms. The van der Waals surface area contributed by atoms with Gasteiger partial charge < -0.3 is 9.42 Å². The molecule has 2 aromatic heterocycles. The first kappa shape index (κ1) is 17.4. The molecule has 3 aromatic rings. The van der Waals surface area contributed by atoms with E-state index in [4.69, 9.17) is 4.52 Å². The Morgan fingerprint density at radius 1 is 1.18 bits per heavy atom. The highest BCUT2D eigenvalue weighted by molar-refractivity contribution is 5.81. The maximum absolute atomic E-state index is 12.7. The van der Waals surface area contributed by atoms with Crippen molar-refractivity contribution in [3.63, 3.8) is 0 Å². The van der Waals surface area contributed by atoms with Crippen LogP contribution in [-0.2, 0) is 13.1 Å². The van der Waals surface area contributed by atoms with Gasteiger partial charge in [0.05, 0.1) is 23.8 Å². The zero-order valence-electron chi connectivity index (χ0n) is 16.0. The van der Waals surface area contributed by atoms with Gasteiger partial charge in [0, 0.05) is 45.3 Å². The molecule has 1 aliphatic heterocycles. The summed E-state index contributed by atoms with van der Waals surface area (Å²) >= 11 is 0. The van der Waals surface area contributed by atoms with E-state index >= 15 is 0 Å². The summed E-state index contributed by atoms with van der Waals surface area (Å²) in [5.41, 5.74) is 1.97. The minimum Gasteiger partial charge on any atom is -0.369 e. The lowest BCUT2D eigenvalue weighted by Crippen LogP contribution is -2.46. The van der Waals surface area contributed by atoms with E-state index in [0.717, 1.165) is 49.8 Å². The minimum absolute atomic E-state index is 0.0728. The SMILES string of the molecule is Cc1nc(CN2CCN(c3ccc4c(=O)n(CC5CC5)cnc4c3)CC2)no1. The summed E-state index contributed by atoms with van der Waals surface area (Å²) in [5, 5.41) is 4.68. The van der Waals surface area contributed by atoms with Crippen molar-refractivity contribution in [1.82, 2.24) is 24.6 Å². The molecule has 0 N–H and O–H groups in total. The Morgan fingerprint density at radius 3 is 2.71 bits per heavy atom. The molecule has 1 aromatic carbocycles. The van der Waals surface area contributed by atoms with Gasteiger partial charge in [-0.05, 0) is 37.0 Å². The number of rotatable bonds is 5. The van der Waals surface area contributed by atoms with Crippen molar-refractivity contribution < 1.29 is 4.52 Å². The van der Waals surface area contributed by atoms with E-state index in [9.17, 15) is 4.79 Å². The molecular weight excluding hydrogens is 356 g/mol. The Labute approximate surface area is 162 Å². The van der Waals surface area contributed by atoms with E-state index in [1.54, 1.807) is 10.9 Å². The number of benzene rings is 1. The van der Waals surface area contributed by atoms with Gasteiger partial charge in [0.2, 0.25) is 5.89 Å². The van der Waals surface area contributed by atoms with Gasteiger partial charge in [0.25, 0.3) is 5.56 Å². The molecule has 0 unspecified atom stereocenters. The first-order valence-electron chi connectivity index (χ1n) is 9.91. The number of hydrogen-bond donors (Lipinski definition) is 0. The molecule has 0 amide bonds. The zero-order chi connectivity index (χ0) is 19.1. The van der Waals surface area contributed by atoms with E-state index in [1.165, 1.54) is 12.8 Å². The van der Waals surface area contributed by atoms with Crippen molar-refractivity contribution in [2.75, 3.05) is 31.1 Å². The molecule has 0 bridgehead atoms. The molecule has 1 saturated carbocycles. The van der Waals surface area contributed by atoms with Gasteiger partial charge in [0.1, 0.15) is 0 Å². The fourth-order valence-corrected chi connectivity index (χ4v) is 3.82. The molecule has 1 aliphatic carbocycles. The Bertz CT molecular complexity index is 1050. The third-order valence-corrected chi connectivity index (χ3v) is 5.63. The predicted molar refractivity (Wildman–Crippen MR) is 105 cm³/mol. The smallest absolute Gasteiger partial charge is 0.261 e. The van der Waals surface area contributed by atoms with Crippen LogP contribution in [0.25, 0.3) is 10.9 Å². The van der Waals surface area contributed by atoms with Crippen LogP contribution in [0, 0.1) is 12.8 Å². The van der Waals surface area contributed by atoms with Gasteiger partial charge >= 0.3 is 0 Å². The standard InChI is InChI=1S/C20H24N6O2/c1-14-22-19(23-28-14)12-24-6-8-25(9-7-24)16-4-5-17-18(10-16)21-13-26(20(17)27)11-15-2-3-15/h4-5,10,13,15H,2-3,6-9,11-12H2,1H3. The highest BCUT2D eigenvalue weighted by atomic mass is 16.5. The van der Waals surface area contributed by atoms with Crippen LogP contribution in [0.2, 0.25) is 0 Å². The van der Waals surface area contributed by atoms with Crippen LogP contribution in [0.15, 0.2) is 33.8 Å². The van der Waals surface area contributed by atoms with E-state index in [0.29, 0.717) is 23.7 Å². The van der Waals surface area contributed by atoms with E-state index in [2.05, 4.69) is 24.9 Å². The summed E-state index contributed by atoms with van der Waals surface area (Å²) in [7, 11) is 0. The maximum atomic E-state index is 12.7. The van der Waals surface area contributed by atoms with Crippen LogP contribution in [0.4, 0.5) is 5.69 Å². The summed E-state index contributed by atoms with van der Waals surface area (Å²) in [6, 6.07) is 6.01. The highest BCUT2D eigenvalue weighted by Gasteiger charge is 2.23. The lowest BCUT2D eigenvalue weighted by molar-refractivity contribution is 0.240. The van der Waals surface area contributed by atoms with Crippen molar-refractivity contribution >= 4 is 16.6 Å². The molecule has 8 nitrogen and oxygen atoms in total. The van der Waals surface area contributed by atoms with Gasteiger partial charge in [0.15, 0.2) is 5.82 Å². The number of nitrogens with zero attached hydrogens (tertiary/aromatic N) is 6. The Morgan fingerprint density at radius 2 is 2.00 bits per heavy atom. The van der Waals surface area contributed by atoms with Crippen LogP contribution in [0.3, 0.4) is 0 Å². The molecule has 3 heterocycles. The predicted octanol–water partition coefficient (Wildman–Crippen LogP) is 1.82. The van der Waals surface area contributed by atoms with Crippen molar-refractivity contribution in [2.45, 2.75) is 32.9 Å². The summed E-state index contributed by atoms with van der Waals surface area (Å²) in [6.07, 6.45) is 4.15. The van der Waals surface area contributed by atoms with E-state index < -0.39 is 0 Å². The minimum atomic E-state index is 0.0728. The average molecular weight is 380 g/mol. The fourth-order valence-electron chi connectivity index (χ4n) is 3.82. The van der Waals surface area contributed by atoms with Crippen LogP contribution in [-0.4, -0.2) is 50.8 Å². The summed E-state index contributed by atoms with van der Waals surface area (Å²) in [6.45, 7) is 7.02. The summed E-state index contributed by atoms with van der Waals surface area (Å²) in [4.78, 5) is 26.2. The van der Waals surface area contributed by atoms with Gasteiger partial charge in [-0.1, -0.05) is 5.16 Å². The summed E-state index contributed by atoms with van der Waals surface area (Å²) in [5.74, 6) is 2.00. The fraction of sp³-hybridized carbons (Fsp3) is 0.500. The van der Waals surface area contributed by atoms with Crippen LogP contribution in [0.1, 0.15) is 24.6 Å². The van der Waals surface area contributed by atoms with Crippen molar-refractivity contribution in [2.24, 2.45) is 5.92 Å². The number of anilines is 1. The molecule has 5 rings (SSSR count). The molecule has 2 fully saturated rings. The molecule has 28 heavy (non-hydrogen) atoms. The third kappa shape index (κ3) is 3.52. The van der Waals surface area contributed by atoms with Gasteiger partial charge in [-0.3, -0.25) is 14.3 Å². The Hall–Kier alpha value is -2.74. The molecule has 146 valence electrons. The lowest BCUT2D eigenvalue weighted by atomic mass is 10.2.